The molecule has 4 aliphatic rings. The van der Waals surface area contributed by atoms with Crippen molar-refractivity contribution in [2.75, 3.05) is 26.2 Å². The van der Waals surface area contributed by atoms with E-state index >= 15 is 0 Å². The number of rotatable bonds is 6. The second-order valence-electron chi connectivity index (χ2n) is 8.53. The molecular weight excluding hydrogens is 507 g/mol. The van der Waals surface area contributed by atoms with E-state index in [1.807, 2.05) is 25.1 Å². The number of carbonyl (C=O) groups excluding carboxylic acids is 2. The minimum Gasteiger partial charge on any atom is -0.488 e. The smallest absolute Gasteiger partial charge is 0.233 e. The number of imide groups is 1. The van der Waals surface area contributed by atoms with Crippen LogP contribution in [0, 0.1) is 23.7 Å². The highest BCUT2D eigenvalue weighted by atomic mass is 127. The number of benzene rings is 1. The van der Waals surface area contributed by atoms with E-state index < -0.39 is 0 Å². The van der Waals surface area contributed by atoms with Crippen LogP contribution < -0.4 is 15.4 Å². The third kappa shape index (κ3) is 4.06. The topological polar surface area (TPSA) is 83.0 Å². The van der Waals surface area contributed by atoms with E-state index in [1.54, 1.807) is 0 Å². The molecule has 5 atom stereocenters. The zero-order chi connectivity index (χ0) is 20.7. The molecule has 1 saturated carbocycles. The molecule has 7 nitrogen and oxygen atoms in total. The van der Waals surface area contributed by atoms with Gasteiger partial charge in [0.1, 0.15) is 11.9 Å². The van der Waals surface area contributed by atoms with Crippen LogP contribution in [-0.2, 0) is 16.0 Å². The molecule has 0 radical (unpaired) electrons. The summed E-state index contributed by atoms with van der Waals surface area (Å²) in [6.45, 7) is 4.15. The maximum Gasteiger partial charge on any atom is 0.233 e. The number of fused-ring (bicyclic) bond motifs is 6. The van der Waals surface area contributed by atoms with E-state index in [9.17, 15) is 9.59 Å². The van der Waals surface area contributed by atoms with Crippen LogP contribution >= 0.6 is 24.0 Å². The zero-order valence-electron chi connectivity index (χ0n) is 17.6. The van der Waals surface area contributed by atoms with Crippen molar-refractivity contribution in [1.29, 1.82) is 0 Å². The Kier molecular flexibility index (Phi) is 6.55. The van der Waals surface area contributed by atoms with Crippen LogP contribution in [-0.4, -0.2) is 55.0 Å². The van der Waals surface area contributed by atoms with E-state index in [0.717, 1.165) is 25.1 Å². The maximum absolute atomic E-state index is 12.8. The molecule has 2 bridgehead atoms. The number of allylic oxidation sites excluding steroid dienone is 2. The first-order valence-electron chi connectivity index (χ1n) is 11.0. The molecular formula is C23H29IN4O3. The summed E-state index contributed by atoms with van der Waals surface area (Å²) < 4.78 is 5.95. The first kappa shape index (κ1) is 22.1. The molecule has 2 fully saturated rings. The van der Waals surface area contributed by atoms with Gasteiger partial charge in [-0.3, -0.25) is 14.5 Å². The number of amides is 2. The third-order valence-electron chi connectivity index (χ3n) is 6.70. The summed E-state index contributed by atoms with van der Waals surface area (Å²) in [6, 6.07) is 8.08. The average Bonchev–Trinajstić information content (AvgIpc) is 3.51. The van der Waals surface area contributed by atoms with Crippen molar-refractivity contribution < 1.29 is 14.3 Å². The van der Waals surface area contributed by atoms with Crippen molar-refractivity contribution in [2.24, 2.45) is 28.7 Å². The second-order valence-corrected chi connectivity index (χ2v) is 8.53. The Bertz CT molecular complexity index is 863. The van der Waals surface area contributed by atoms with Gasteiger partial charge in [0.25, 0.3) is 0 Å². The number of para-hydroxylation sites is 1. The summed E-state index contributed by atoms with van der Waals surface area (Å²) in [5.74, 6) is 1.87. The van der Waals surface area contributed by atoms with Gasteiger partial charge >= 0.3 is 0 Å². The highest BCUT2D eigenvalue weighted by molar-refractivity contribution is 14.0. The van der Waals surface area contributed by atoms with Gasteiger partial charge in [-0.2, -0.15) is 0 Å². The lowest BCUT2D eigenvalue weighted by Gasteiger charge is -2.19. The number of nitrogens with one attached hydrogen (secondary N) is 2. The number of aliphatic imine (C=N–C) groups is 1. The molecule has 2 heterocycles. The van der Waals surface area contributed by atoms with Crippen LogP contribution in [0.4, 0.5) is 0 Å². The van der Waals surface area contributed by atoms with Gasteiger partial charge in [0.15, 0.2) is 5.96 Å². The van der Waals surface area contributed by atoms with Gasteiger partial charge in [-0.15, -0.1) is 24.0 Å². The molecule has 2 aliphatic carbocycles. The van der Waals surface area contributed by atoms with Gasteiger partial charge in [-0.05, 0) is 36.8 Å². The van der Waals surface area contributed by atoms with Crippen molar-refractivity contribution in [1.82, 2.24) is 15.5 Å². The van der Waals surface area contributed by atoms with Gasteiger partial charge in [0.2, 0.25) is 11.8 Å². The fourth-order valence-electron chi connectivity index (χ4n) is 5.36. The lowest BCUT2D eigenvalue weighted by molar-refractivity contribution is -0.140. The van der Waals surface area contributed by atoms with Crippen molar-refractivity contribution in [3.8, 4) is 5.75 Å². The molecule has 0 aromatic heterocycles. The predicted molar refractivity (Wildman–Crippen MR) is 128 cm³/mol. The van der Waals surface area contributed by atoms with E-state index in [-0.39, 0.29) is 65.6 Å². The summed E-state index contributed by atoms with van der Waals surface area (Å²) in [6.07, 6.45) is 6.09. The van der Waals surface area contributed by atoms with Crippen LogP contribution in [0.2, 0.25) is 0 Å². The molecule has 2 amide bonds. The molecule has 2 aliphatic heterocycles. The van der Waals surface area contributed by atoms with Gasteiger partial charge in [0, 0.05) is 26.1 Å². The average molecular weight is 536 g/mol. The normalized spacial score (nSPS) is 30.2. The Balaban J connectivity index is 0.00000231. The molecule has 1 aromatic rings. The largest absolute Gasteiger partial charge is 0.488 e. The summed E-state index contributed by atoms with van der Waals surface area (Å²) in [4.78, 5) is 31.7. The fraction of sp³-hybridized carbons (Fsp3) is 0.522. The third-order valence-corrected chi connectivity index (χ3v) is 6.70. The summed E-state index contributed by atoms with van der Waals surface area (Å²) in [5, 5.41) is 6.48. The predicted octanol–water partition coefficient (Wildman–Crippen LogP) is 1.97. The number of hydrogen-bond acceptors (Lipinski definition) is 4. The van der Waals surface area contributed by atoms with Gasteiger partial charge in [-0.25, -0.2) is 4.99 Å². The number of guanidine groups is 1. The minimum absolute atomic E-state index is 0. The standard InChI is InChI=1S/C23H28N4O3.HI/c1-2-24-23(26-13-17-12-14-5-3-4-6-18(14)30-17)25-9-10-27-21(28)19-15-7-8-16(11-15)20(19)22(27)29;/h3-8,15-17,19-20H,2,9-13H2,1H3,(H2,24,25,26);1H. The lowest BCUT2D eigenvalue weighted by atomic mass is 9.85. The number of carbonyl (C=O) groups is 2. The van der Waals surface area contributed by atoms with Gasteiger partial charge < -0.3 is 15.4 Å². The Morgan fingerprint density at radius 2 is 1.84 bits per heavy atom. The van der Waals surface area contributed by atoms with Crippen molar-refractivity contribution in [2.45, 2.75) is 25.9 Å². The quantitative estimate of drug-likeness (QED) is 0.191. The van der Waals surface area contributed by atoms with Crippen molar-refractivity contribution >= 4 is 41.8 Å². The Hall–Kier alpha value is -2.10. The number of likely N-dealkylation sites (tertiary alicyclic amines) is 1. The lowest BCUT2D eigenvalue weighted by Crippen LogP contribution is -2.44. The molecule has 5 unspecified atom stereocenters. The van der Waals surface area contributed by atoms with Crippen molar-refractivity contribution in [3.05, 3.63) is 42.0 Å². The molecule has 0 spiro atoms. The van der Waals surface area contributed by atoms with E-state index in [2.05, 4.69) is 33.8 Å². The molecule has 2 N–H and O–H groups in total. The van der Waals surface area contributed by atoms with E-state index in [4.69, 9.17) is 4.74 Å². The highest BCUT2D eigenvalue weighted by Gasteiger charge is 2.58. The van der Waals surface area contributed by atoms with Gasteiger partial charge in [-0.1, -0.05) is 30.4 Å². The SMILES string of the molecule is CCNC(=NCC1Cc2ccccc2O1)NCCN1C(=O)C2C3C=CC(C3)C2C1=O.I. The van der Waals surface area contributed by atoms with Gasteiger partial charge in [0.05, 0.1) is 18.4 Å². The molecule has 31 heavy (non-hydrogen) atoms. The molecule has 5 rings (SSSR count). The summed E-state index contributed by atoms with van der Waals surface area (Å²) in [7, 11) is 0. The molecule has 166 valence electrons. The molecule has 1 aromatic carbocycles. The number of ether oxygens (including phenoxy) is 1. The van der Waals surface area contributed by atoms with Crippen LogP contribution in [0.5, 0.6) is 5.75 Å². The van der Waals surface area contributed by atoms with Crippen LogP contribution in [0.3, 0.4) is 0 Å². The van der Waals surface area contributed by atoms with Crippen LogP contribution in [0.15, 0.2) is 41.4 Å². The second kappa shape index (κ2) is 9.18. The van der Waals surface area contributed by atoms with Crippen molar-refractivity contribution in [3.63, 3.8) is 0 Å². The van der Waals surface area contributed by atoms with E-state index in [0.29, 0.717) is 25.6 Å². The monoisotopic (exact) mass is 536 g/mol. The number of hydrogen-bond donors (Lipinski definition) is 2. The highest BCUT2D eigenvalue weighted by Crippen LogP contribution is 2.52. The zero-order valence-corrected chi connectivity index (χ0v) is 20.0. The first-order chi connectivity index (χ1) is 14.7. The summed E-state index contributed by atoms with van der Waals surface area (Å²) >= 11 is 0. The van der Waals surface area contributed by atoms with Crippen LogP contribution in [0.1, 0.15) is 18.9 Å². The summed E-state index contributed by atoms with van der Waals surface area (Å²) in [5.41, 5.74) is 1.22. The Morgan fingerprint density at radius 1 is 1.13 bits per heavy atom. The molecule has 1 saturated heterocycles. The Morgan fingerprint density at radius 3 is 2.52 bits per heavy atom. The number of nitrogens with zero attached hydrogens (tertiary/aromatic N) is 2. The number of halogens is 1. The fourth-order valence-corrected chi connectivity index (χ4v) is 5.36. The minimum atomic E-state index is -0.129. The van der Waals surface area contributed by atoms with E-state index in [1.165, 1.54) is 10.5 Å². The molecule has 8 heteroatoms. The van der Waals surface area contributed by atoms with Crippen LogP contribution in [0.25, 0.3) is 0 Å². The first-order valence-corrected chi connectivity index (χ1v) is 11.0. The Labute approximate surface area is 199 Å². The maximum atomic E-state index is 12.8.